The Kier molecular flexibility index (Phi) is 4.20. The lowest BCUT2D eigenvalue weighted by Gasteiger charge is -2.12. The van der Waals surface area contributed by atoms with E-state index in [1.165, 1.54) is 12.1 Å². The number of anilines is 1. The van der Waals surface area contributed by atoms with Gasteiger partial charge in [-0.15, -0.1) is 11.6 Å². The summed E-state index contributed by atoms with van der Waals surface area (Å²) in [5.41, 5.74) is -4.74. The summed E-state index contributed by atoms with van der Waals surface area (Å²) in [5, 5.41) is 2.96. The largest absolute Gasteiger partial charge is 0.501 e. The van der Waals surface area contributed by atoms with Crippen molar-refractivity contribution in [3.05, 3.63) is 24.3 Å². The number of benzene rings is 1. The van der Waals surface area contributed by atoms with Crippen LogP contribution in [0, 0.1) is 5.92 Å². The van der Waals surface area contributed by atoms with Gasteiger partial charge in [-0.1, -0.05) is 0 Å². The average Bonchev–Trinajstić information content (AvgIpc) is 3.19. The summed E-state index contributed by atoms with van der Waals surface area (Å²) in [6.07, 6.45) is 2.19. The van der Waals surface area contributed by atoms with Crippen molar-refractivity contribution in [1.29, 1.82) is 0 Å². The van der Waals surface area contributed by atoms with Crippen molar-refractivity contribution in [2.45, 2.75) is 28.6 Å². The molecule has 1 aromatic rings. The molecule has 0 aliphatic heterocycles. The molecule has 1 unspecified atom stereocenters. The van der Waals surface area contributed by atoms with Gasteiger partial charge in [-0.25, -0.2) is 8.42 Å². The van der Waals surface area contributed by atoms with Gasteiger partial charge in [0.15, 0.2) is 0 Å². The predicted octanol–water partition coefficient (Wildman–Crippen LogP) is 3.41. The molecule has 1 aliphatic carbocycles. The fourth-order valence-corrected chi connectivity index (χ4v) is 2.82. The summed E-state index contributed by atoms with van der Waals surface area (Å²) in [6.45, 7) is 0.498. The van der Waals surface area contributed by atoms with E-state index >= 15 is 0 Å². The van der Waals surface area contributed by atoms with Crippen molar-refractivity contribution >= 4 is 27.1 Å². The van der Waals surface area contributed by atoms with Crippen LogP contribution in [0.4, 0.5) is 18.9 Å². The maximum atomic E-state index is 12.3. The summed E-state index contributed by atoms with van der Waals surface area (Å²) in [5.74, 6) is 0.494. The van der Waals surface area contributed by atoms with Gasteiger partial charge in [0.25, 0.3) is 9.84 Å². The van der Waals surface area contributed by atoms with Crippen molar-refractivity contribution in [2.75, 3.05) is 11.9 Å². The van der Waals surface area contributed by atoms with Crippen molar-refractivity contribution in [2.24, 2.45) is 5.92 Å². The minimum atomic E-state index is -5.28. The monoisotopic (exact) mass is 327 g/mol. The first-order valence-electron chi connectivity index (χ1n) is 6.01. The Bertz CT molecular complexity index is 567. The highest BCUT2D eigenvalue weighted by Gasteiger charge is 2.46. The van der Waals surface area contributed by atoms with Crippen LogP contribution in [0.3, 0.4) is 0 Å². The van der Waals surface area contributed by atoms with E-state index in [1.54, 1.807) is 0 Å². The third-order valence-electron chi connectivity index (χ3n) is 3.10. The zero-order valence-corrected chi connectivity index (χ0v) is 11.9. The van der Waals surface area contributed by atoms with Crippen LogP contribution in [0.2, 0.25) is 0 Å². The predicted molar refractivity (Wildman–Crippen MR) is 70.5 cm³/mol. The standard InChI is InChI=1S/C12H13ClF3NO2S/c13-11(8-1-2-8)7-17-9-3-5-10(6-4-9)20(18,19)12(14,15)16/h3-6,8,11,17H,1-2,7H2. The van der Waals surface area contributed by atoms with E-state index in [9.17, 15) is 21.6 Å². The molecule has 20 heavy (non-hydrogen) atoms. The molecule has 0 amide bonds. The number of halogens is 4. The van der Waals surface area contributed by atoms with Gasteiger partial charge in [0.2, 0.25) is 0 Å². The lowest BCUT2D eigenvalue weighted by Crippen LogP contribution is -2.23. The highest BCUT2D eigenvalue weighted by atomic mass is 35.5. The van der Waals surface area contributed by atoms with E-state index in [0.29, 0.717) is 18.2 Å². The van der Waals surface area contributed by atoms with Gasteiger partial charge in [0.1, 0.15) is 0 Å². The second-order valence-corrected chi connectivity index (χ2v) is 7.21. The summed E-state index contributed by atoms with van der Waals surface area (Å²) < 4.78 is 59.4. The summed E-state index contributed by atoms with van der Waals surface area (Å²) >= 11 is 6.08. The van der Waals surface area contributed by atoms with E-state index in [-0.39, 0.29) is 5.38 Å². The number of nitrogens with one attached hydrogen (secondary N) is 1. The van der Waals surface area contributed by atoms with Gasteiger partial charge in [-0.3, -0.25) is 0 Å². The van der Waals surface area contributed by atoms with Crippen LogP contribution in [0.1, 0.15) is 12.8 Å². The number of hydrogen-bond donors (Lipinski definition) is 1. The Morgan fingerprint density at radius 2 is 1.80 bits per heavy atom. The number of hydrogen-bond acceptors (Lipinski definition) is 3. The minimum Gasteiger partial charge on any atom is -0.384 e. The molecule has 1 N–H and O–H groups in total. The number of alkyl halides is 4. The van der Waals surface area contributed by atoms with Crippen molar-refractivity contribution in [3.63, 3.8) is 0 Å². The molecular formula is C12H13ClF3NO2S. The van der Waals surface area contributed by atoms with Gasteiger partial charge < -0.3 is 5.32 Å². The highest BCUT2D eigenvalue weighted by Crippen LogP contribution is 2.35. The van der Waals surface area contributed by atoms with Gasteiger partial charge in [-0.05, 0) is 43.0 Å². The van der Waals surface area contributed by atoms with Gasteiger partial charge in [0.05, 0.1) is 10.3 Å². The Labute approximate surface area is 120 Å². The Morgan fingerprint density at radius 3 is 2.25 bits per heavy atom. The molecule has 0 spiro atoms. The quantitative estimate of drug-likeness (QED) is 0.843. The van der Waals surface area contributed by atoms with Crippen molar-refractivity contribution < 1.29 is 21.6 Å². The molecule has 0 radical (unpaired) electrons. The molecule has 2 rings (SSSR count). The maximum absolute atomic E-state index is 12.3. The summed E-state index contributed by atoms with van der Waals surface area (Å²) in [7, 11) is -5.28. The Balaban J connectivity index is 2.02. The zero-order valence-electron chi connectivity index (χ0n) is 10.3. The molecule has 1 atom stereocenters. The molecule has 1 aromatic carbocycles. The van der Waals surface area contributed by atoms with E-state index in [0.717, 1.165) is 25.0 Å². The van der Waals surface area contributed by atoms with E-state index in [1.807, 2.05) is 0 Å². The lowest BCUT2D eigenvalue weighted by atomic mass is 10.2. The molecule has 3 nitrogen and oxygen atoms in total. The molecule has 0 heterocycles. The highest BCUT2D eigenvalue weighted by molar-refractivity contribution is 7.92. The fraction of sp³-hybridized carbons (Fsp3) is 0.500. The molecule has 1 fully saturated rings. The van der Waals surface area contributed by atoms with Gasteiger partial charge in [0, 0.05) is 12.2 Å². The number of rotatable bonds is 5. The maximum Gasteiger partial charge on any atom is 0.501 e. The molecule has 0 aromatic heterocycles. The summed E-state index contributed by atoms with van der Waals surface area (Å²) in [4.78, 5) is -0.764. The third-order valence-corrected chi connectivity index (χ3v) is 5.12. The van der Waals surface area contributed by atoms with Crippen LogP contribution >= 0.6 is 11.6 Å². The lowest BCUT2D eigenvalue weighted by molar-refractivity contribution is -0.0436. The topological polar surface area (TPSA) is 46.2 Å². The fourth-order valence-electron chi connectivity index (χ4n) is 1.73. The van der Waals surface area contributed by atoms with Crippen LogP contribution in [0.5, 0.6) is 0 Å². The van der Waals surface area contributed by atoms with Crippen LogP contribution < -0.4 is 5.32 Å². The zero-order chi connectivity index (χ0) is 15.0. The smallest absolute Gasteiger partial charge is 0.384 e. The molecular weight excluding hydrogens is 315 g/mol. The second-order valence-electron chi connectivity index (χ2n) is 4.71. The van der Waals surface area contributed by atoms with Crippen LogP contribution in [-0.2, 0) is 9.84 Å². The summed E-state index contributed by atoms with van der Waals surface area (Å²) in [6, 6.07) is 4.47. The normalized spacial score (nSPS) is 17.8. The molecule has 112 valence electrons. The molecule has 1 saturated carbocycles. The van der Waals surface area contributed by atoms with Crippen LogP contribution in [0.25, 0.3) is 0 Å². The van der Waals surface area contributed by atoms with Gasteiger partial charge >= 0.3 is 5.51 Å². The van der Waals surface area contributed by atoms with Gasteiger partial charge in [-0.2, -0.15) is 13.2 Å². The van der Waals surface area contributed by atoms with E-state index in [4.69, 9.17) is 11.6 Å². The van der Waals surface area contributed by atoms with E-state index in [2.05, 4.69) is 5.32 Å². The van der Waals surface area contributed by atoms with Crippen molar-refractivity contribution in [3.8, 4) is 0 Å². The second kappa shape index (κ2) is 5.44. The van der Waals surface area contributed by atoms with Crippen molar-refractivity contribution in [1.82, 2.24) is 0 Å². The SMILES string of the molecule is O=S(=O)(c1ccc(NCC(Cl)C2CC2)cc1)C(F)(F)F. The average molecular weight is 328 g/mol. The third kappa shape index (κ3) is 3.38. The first-order chi connectivity index (χ1) is 9.22. The first-order valence-corrected chi connectivity index (χ1v) is 7.93. The molecule has 0 bridgehead atoms. The van der Waals surface area contributed by atoms with Crippen LogP contribution in [-0.4, -0.2) is 25.8 Å². The van der Waals surface area contributed by atoms with Crippen LogP contribution in [0.15, 0.2) is 29.2 Å². The number of sulfone groups is 1. The Morgan fingerprint density at radius 1 is 1.25 bits per heavy atom. The molecule has 1 aliphatic rings. The van der Waals surface area contributed by atoms with E-state index < -0.39 is 20.2 Å². The Hall–Kier alpha value is -0.950. The molecule has 8 heteroatoms. The molecule has 0 saturated heterocycles. The first kappa shape index (κ1) is 15.4. The minimum absolute atomic E-state index is 0.0198.